The monoisotopic (exact) mass is 1560 g/mol. The highest BCUT2D eigenvalue weighted by molar-refractivity contribution is 6.01. The summed E-state index contributed by atoms with van der Waals surface area (Å²) in [6.07, 6.45) is -1.25. The van der Waals surface area contributed by atoms with E-state index in [-0.39, 0.29) is 69.0 Å². The van der Waals surface area contributed by atoms with Crippen molar-refractivity contribution in [3.8, 4) is 11.5 Å². The number of nitrogens with zero attached hydrogens (tertiary/aromatic N) is 1. The molecule has 0 spiro atoms. The van der Waals surface area contributed by atoms with Gasteiger partial charge in [-0.05, 0) is 131 Å². The van der Waals surface area contributed by atoms with E-state index >= 15 is 0 Å². The lowest BCUT2D eigenvalue weighted by molar-refractivity contribution is -0.143. The van der Waals surface area contributed by atoms with Crippen LogP contribution in [-0.2, 0) is 89.6 Å². The maximum absolute atomic E-state index is 14.4. The van der Waals surface area contributed by atoms with Gasteiger partial charge in [0.05, 0.1) is 25.6 Å². The minimum atomic E-state index is -1.95. The number of carboxylic acids is 2. The summed E-state index contributed by atoms with van der Waals surface area (Å²) in [5, 5.41) is 83.1. The molecule has 0 saturated carbocycles. The number of phenolic OH excluding ortho intramolecular Hbond substituents is 2. The van der Waals surface area contributed by atoms with E-state index < -0.39 is 216 Å². The molecule has 0 aliphatic carbocycles. The Morgan fingerprint density at radius 2 is 0.892 bits per heavy atom. The first-order valence-corrected chi connectivity index (χ1v) is 37.3. The number of nitrogens with two attached hydrogens (primary N) is 2. The smallest absolute Gasteiger partial charge is 0.326 e. The topological polar surface area (TPSA) is 586 Å². The van der Waals surface area contributed by atoms with Gasteiger partial charge in [0, 0.05) is 19.4 Å². The Hall–Kier alpha value is -10.6. The number of aromatic hydroxyl groups is 2. The number of nitrogens with one attached hydrogen (secondary N) is 13. The standard InChI is InChI=1S/C74H116N16O21/c1-14-40(10)60(71(107)89-61(43(13)91)72(108)86-58(38(6)7)70(106)83-51(32-45-22-26-47(93)27-23-45)65(101)78-41(11)62(98)87-59(39(8)9)74(110)111)88-63(99)42(12)79-64(100)50(31-44-20-24-46(92)25-21-44)82-67(103)52(33-56(96)97)84-69(105)57(37(4)5)85-55(95)35-77-68(104)53-19-17-29-90(53)73(109)48(18-15-16-28-75)81-66(102)49(30-36(2)3)80-54(94)34-76/h20-27,36-43,48-53,57-61,91-93H,14-19,28-35,75-76H2,1-13H3,(H,77,104)(H,78,101)(H,79,100)(H,80,94)(H,81,102)(H,82,103)(H,83,106)(H,84,105)(H,85,95)(H,86,108)(H,87,98)(H,88,99)(H,89,107)(H,96,97)(H,110,111)/t40-,41-,42-,43+,48-,49-,50-,51-,52-,53-,57-,58-,59-,60-,61-/m0/s1. The number of carboxylic acid groups (broad SMARTS) is 2. The SMILES string of the molecule is CC[C@H](C)[C@H](NC(=O)[C@H](C)NC(=O)[C@H](Cc1ccc(O)cc1)NC(=O)[C@H](CC(=O)O)NC(=O)[C@@H](NC(=O)CNC(=O)[C@@H]1CCCN1C(=O)[C@H](CCCCN)NC(=O)[C@H](CC(C)C)NC(=O)CN)C(C)C)C(=O)N[C@H](C(=O)N[C@H](C(=O)N[C@@H](Cc1ccc(O)cc1)C(=O)N[C@@H](C)C(=O)N[C@H](C(=O)O)C(C)C)C(C)C)[C@@H](C)O. The molecule has 2 aromatic rings. The Labute approximate surface area is 645 Å². The van der Waals surface area contributed by atoms with Gasteiger partial charge in [-0.25, -0.2) is 4.79 Å². The van der Waals surface area contributed by atoms with Crippen LogP contribution in [0, 0.1) is 29.6 Å². The molecule has 3 rings (SSSR count). The molecule has 1 saturated heterocycles. The highest BCUT2D eigenvalue weighted by Gasteiger charge is 2.42. The van der Waals surface area contributed by atoms with E-state index in [1.807, 2.05) is 13.8 Å². The van der Waals surface area contributed by atoms with Crippen LogP contribution in [0.25, 0.3) is 0 Å². The van der Waals surface area contributed by atoms with Crippen LogP contribution < -0.4 is 80.6 Å². The van der Waals surface area contributed by atoms with E-state index in [1.165, 1.54) is 81.1 Å². The Morgan fingerprint density at radius 3 is 1.34 bits per heavy atom. The van der Waals surface area contributed by atoms with Crippen LogP contribution >= 0.6 is 0 Å². The third kappa shape index (κ3) is 31.4. The molecule has 0 radical (unpaired) electrons. The average Bonchev–Trinajstić information content (AvgIpc) is 1.76. The number of rotatable bonds is 46. The number of benzene rings is 2. The van der Waals surface area contributed by atoms with E-state index in [0.717, 1.165) is 6.92 Å². The zero-order valence-electron chi connectivity index (χ0n) is 65.4. The third-order valence-electron chi connectivity index (χ3n) is 18.5. The molecule has 1 fully saturated rings. The van der Waals surface area contributed by atoms with Gasteiger partial charge in [-0.3, -0.25) is 71.9 Å². The number of carbonyl (C=O) groups excluding carboxylic acids is 14. The van der Waals surface area contributed by atoms with Gasteiger partial charge in [-0.1, -0.05) is 99.9 Å². The first-order valence-electron chi connectivity index (χ1n) is 37.3. The van der Waals surface area contributed by atoms with E-state index in [2.05, 4.69) is 69.1 Å². The van der Waals surface area contributed by atoms with Crippen molar-refractivity contribution in [2.75, 3.05) is 26.2 Å². The molecule has 1 aliphatic heterocycles. The van der Waals surface area contributed by atoms with Crippen LogP contribution in [0.4, 0.5) is 0 Å². The summed E-state index contributed by atoms with van der Waals surface area (Å²) in [5.74, 6) is -18.6. The normalized spacial score (nSPS) is 16.5. The molecular weight excluding hydrogens is 1450 g/mol. The lowest BCUT2D eigenvalue weighted by Crippen LogP contribution is -2.63. The molecule has 14 amide bonds. The fourth-order valence-electron chi connectivity index (χ4n) is 11.8. The second-order valence-electron chi connectivity index (χ2n) is 29.4. The van der Waals surface area contributed by atoms with Crippen molar-refractivity contribution in [1.82, 2.24) is 74.0 Å². The van der Waals surface area contributed by atoms with Crippen molar-refractivity contribution in [2.45, 2.75) is 239 Å². The lowest BCUT2D eigenvalue weighted by atomic mass is 9.96. The van der Waals surface area contributed by atoms with Gasteiger partial charge in [0.25, 0.3) is 0 Å². The fourth-order valence-corrected chi connectivity index (χ4v) is 11.8. The van der Waals surface area contributed by atoms with Gasteiger partial charge in [0.1, 0.15) is 90.0 Å². The molecule has 1 aliphatic rings. The molecule has 15 atom stereocenters. The molecule has 37 nitrogen and oxygen atoms in total. The summed E-state index contributed by atoms with van der Waals surface area (Å²) < 4.78 is 0. The fraction of sp³-hybridized carbons (Fsp3) is 0.622. The summed E-state index contributed by atoms with van der Waals surface area (Å²) >= 11 is 0. The number of likely N-dealkylation sites (tertiary alicyclic amines) is 1. The number of phenols is 2. The molecule has 111 heavy (non-hydrogen) atoms. The minimum absolute atomic E-state index is 0.0394. The molecule has 0 aromatic heterocycles. The number of carbonyl (C=O) groups is 16. The maximum atomic E-state index is 14.4. The highest BCUT2D eigenvalue weighted by atomic mass is 16.4. The second-order valence-corrected chi connectivity index (χ2v) is 29.4. The lowest BCUT2D eigenvalue weighted by Gasteiger charge is -2.30. The van der Waals surface area contributed by atoms with Gasteiger partial charge in [0.2, 0.25) is 82.7 Å². The highest BCUT2D eigenvalue weighted by Crippen LogP contribution is 2.22. The number of amides is 14. The maximum Gasteiger partial charge on any atom is 0.326 e. The van der Waals surface area contributed by atoms with Crippen molar-refractivity contribution in [1.29, 1.82) is 0 Å². The van der Waals surface area contributed by atoms with Crippen LogP contribution in [0.1, 0.15) is 153 Å². The van der Waals surface area contributed by atoms with E-state index in [1.54, 1.807) is 41.5 Å². The Kier molecular flexibility index (Phi) is 39.4. The van der Waals surface area contributed by atoms with Crippen LogP contribution in [0.5, 0.6) is 11.5 Å². The molecular formula is C74H116N16O21. The molecule has 2 aromatic carbocycles. The number of hydrogen-bond acceptors (Lipinski definition) is 21. The molecule has 37 heteroatoms. The largest absolute Gasteiger partial charge is 0.508 e. The van der Waals surface area contributed by atoms with Crippen LogP contribution in [0.15, 0.2) is 48.5 Å². The minimum Gasteiger partial charge on any atom is -0.508 e. The Bertz CT molecular complexity index is 3540. The summed E-state index contributed by atoms with van der Waals surface area (Å²) in [6.45, 7) is 19.2. The van der Waals surface area contributed by atoms with Gasteiger partial charge in [-0.15, -0.1) is 0 Å². The van der Waals surface area contributed by atoms with Gasteiger partial charge in [-0.2, -0.15) is 0 Å². The number of unbranched alkanes of at least 4 members (excludes halogenated alkanes) is 1. The van der Waals surface area contributed by atoms with E-state index in [4.69, 9.17) is 11.5 Å². The first-order chi connectivity index (χ1) is 52.0. The predicted octanol–water partition coefficient (Wildman–Crippen LogP) is -3.06. The third-order valence-corrected chi connectivity index (χ3v) is 18.5. The zero-order chi connectivity index (χ0) is 83.8. The van der Waals surface area contributed by atoms with Gasteiger partial charge in [0.15, 0.2) is 0 Å². The Balaban J connectivity index is 1.82. The van der Waals surface area contributed by atoms with E-state index in [9.17, 15) is 102 Å². The van der Waals surface area contributed by atoms with Crippen molar-refractivity contribution < 1.29 is 102 Å². The molecule has 0 bridgehead atoms. The van der Waals surface area contributed by atoms with Crippen molar-refractivity contribution in [3.63, 3.8) is 0 Å². The van der Waals surface area contributed by atoms with Crippen LogP contribution in [0.3, 0.4) is 0 Å². The van der Waals surface area contributed by atoms with Gasteiger partial charge >= 0.3 is 11.9 Å². The summed E-state index contributed by atoms with van der Waals surface area (Å²) in [7, 11) is 0. The average molecular weight is 1570 g/mol. The number of aliphatic hydroxyl groups is 1. The quantitative estimate of drug-likeness (QED) is 0.0293. The van der Waals surface area contributed by atoms with Crippen molar-refractivity contribution >= 4 is 94.6 Å². The molecule has 0 unspecified atom stereocenters. The van der Waals surface area contributed by atoms with Crippen LogP contribution in [0.2, 0.25) is 0 Å². The van der Waals surface area contributed by atoms with Crippen LogP contribution in [-0.4, -0.2) is 236 Å². The predicted molar refractivity (Wildman–Crippen MR) is 403 cm³/mol. The van der Waals surface area contributed by atoms with E-state index in [0.29, 0.717) is 36.9 Å². The second kappa shape index (κ2) is 46.2. The first kappa shape index (κ1) is 94.6. The number of aliphatic carboxylic acids is 2. The molecule has 618 valence electrons. The van der Waals surface area contributed by atoms with Crippen molar-refractivity contribution in [2.24, 2.45) is 41.1 Å². The van der Waals surface area contributed by atoms with Crippen molar-refractivity contribution in [3.05, 3.63) is 59.7 Å². The zero-order valence-corrected chi connectivity index (χ0v) is 65.4. The number of aliphatic hydroxyl groups excluding tert-OH is 1. The molecule has 22 N–H and O–H groups in total. The summed E-state index contributed by atoms with van der Waals surface area (Å²) in [5.41, 5.74) is 12.0. The number of hydrogen-bond donors (Lipinski definition) is 20. The summed E-state index contributed by atoms with van der Waals surface area (Å²) in [6, 6.07) is -7.81. The Morgan fingerprint density at radius 1 is 0.468 bits per heavy atom. The summed E-state index contributed by atoms with van der Waals surface area (Å²) in [4.78, 5) is 220. The van der Waals surface area contributed by atoms with Gasteiger partial charge < -0.3 is 111 Å². The molecule has 1 heterocycles.